The number of hydrogen-bond donors (Lipinski definition) is 8. The molecule has 0 radical (unpaired) electrons. The van der Waals surface area contributed by atoms with Crippen LogP contribution in [0.2, 0.25) is 0 Å². The maximum atomic E-state index is 13.1. The summed E-state index contributed by atoms with van der Waals surface area (Å²) < 4.78 is 0. The summed E-state index contributed by atoms with van der Waals surface area (Å²) in [5.74, 6) is -3.04. The zero-order valence-corrected chi connectivity index (χ0v) is 22.1. The number of carbonyl (C=O) groups is 4. The fourth-order valence-electron chi connectivity index (χ4n) is 4.27. The monoisotopic (exact) mass is 552 g/mol. The normalized spacial score (nSPS) is 13.2. The van der Waals surface area contributed by atoms with E-state index in [9.17, 15) is 29.4 Å². The second-order valence-corrected chi connectivity index (χ2v) is 9.56. The van der Waals surface area contributed by atoms with E-state index in [-0.39, 0.29) is 25.0 Å². The average molecular weight is 553 g/mol. The van der Waals surface area contributed by atoms with Gasteiger partial charge in [0.1, 0.15) is 17.8 Å². The van der Waals surface area contributed by atoms with Crippen molar-refractivity contribution in [1.29, 1.82) is 0 Å². The Morgan fingerprint density at radius 2 is 1.62 bits per heavy atom. The predicted octanol–water partition coefficient (Wildman–Crippen LogP) is 0.285. The highest BCUT2D eigenvalue weighted by atomic mass is 16.4. The number of aromatic hydroxyl groups is 1. The molecule has 0 bridgehead atoms. The molecule has 2 aromatic carbocycles. The standard InChI is InChI=1S/C28H36N6O6/c29-12-4-3-7-23(28(39)40)34-27(38)24(13-17-8-10-19(35)11-9-17)33-25(36)16-32-26(37)21(30)14-18-15-31-22-6-2-1-5-20(18)22/h1-2,5-6,8-11,15,21,23-24,31,35H,3-4,7,12-14,16,29-30H2,(H,32,37)(H,33,36)(H,34,38)(H,39,40). The third-order valence-electron chi connectivity index (χ3n) is 6.46. The van der Waals surface area contributed by atoms with Crippen molar-refractivity contribution in [3.8, 4) is 5.75 Å². The van der Waals surface area contributed by atoms with E-state index in [1.807, 2.05) is 24.3 Å². The Morgan fingerprint density at radius 1 is 0.900 bits per heavy atom. The van der Waals surface area contributed by atoms with Crippen LogP contribution < -0.4 is 27.4 Å². The van der Waals surface area contributed by atoms with Crippen LogP contribution in [0.1, 0.15) is 30.4 Å². The summed E-state index contributed by atoms with van der Waals surface area (Å²) in [6.07, 6.45) is 3.37. The van der Waals surface area contributed by atoms with E-state index in [0.717, 1.165) is 16.5 Å². The topological polar surface area (TPSA) is 213 Å². The van der Waals surface area contributed by atoms with Crippen molar-refractivity contribution in [3.63, 3.8) is 0 Å². The van der Waals surface area contributed by atoms with Gasteiger partial charge in [-0.3, -0.25) is 14.4 Å². The second-order valence-electron chi connectivity index (χ2n) is 9.56. The molecule has 214 valence electrons. The van der Waals surface area contributed by atoms with Crippen LogP contribution in [0.25, 0.3) is 10.9 Å². The van der Waals surface area contributed by atoms with Gasteiger partial charge in [-0.1, -0.05) is 30.3 Å². The molecule has 1 aromatic heterocycles. The summed E-state index contributed by atoms with van der Waals surface area (Å²) in [7, 11) is 0. The van der Waals surface area contributed by atoms with Crippen molar-refractivity contribution in [2.24, 2.45) is 11.5 Å². The zero-order chi connectivity index (χ0) is 29.1. The third kappa shape index (κ3) is 8.82. The predicted molar refractivity (Wildman–Crippen MR) is 149 cm³/mol. The number of carboxylic acids is 1. The highest BCUT2D eigenvalue weighted by Gasteiger charge is 2.27. The molecule has 3 unspecified atom stereocenters. The maximum Gasteiger partial charge on any atom is 0.326 e. The number of fused-ring (bicyclic) bond motifs is 1. The Morgan fingerprint density at radius 3 is 2.33 bits per heavy atom. The van der Waals surface area contributed by atoms with Crippen molar-refractivity contribution in [3.05, 3.63) is 65.9 Å². The molecule has 0 aliphatic heterocycles. The Hall–Kier alpha value is -4.42. The van der Waals surface area contributed by atoms with Crippen molar-refractivity contribution in [2.45, 2.75) is 50.2 Å². The average Bonchev–Trinajstić information content (AvgIpc) is 3.34. The third-order valence-corrected chi connectivity index (χ3v) is 6.46. The van der Waals surface area contributed by atoms with Crippen LogP contribution >= 0.6 is 0 Å². The number of aromatic nitrogens is 1. The van der Waals surface area contributed by atoms with Gasteiger partial charge in [0.15, 0.2) is 0 Å². The Balaban J connectivity index is 1.60. The molecular formula is C28H36N6O6. The van der Waals surface area contributed by atoms with Gasteiger partial charge >= 0.3 is 5.97 Å². The molecular weight excluding hydrogens is 516 g/mol. The number of H-pyrrole nitrogens is 1. The summed E-state index contributed by atoms with van der Waals surface area (Å²) >= 11 is 0. The zero-order valence-electron chi connectivity index (χ0n) is 22.1. The lowest BCUT2D eigenvalue weighted by atomic mass is 10.0. The first-order chi connectivity index (χ1) is 19.2. The lowest BCUT2D eigenvalue weighted by molar-refractivity contribution is -0.142. The molecule has 10 N–H and O–H groups in total. The minimum Gasteiger partial charge on any atom is -0.508 e. The minimum atomic E-state index is -1.20. The van der Waals surface area contributed by atoms with Gasteiger partial charge in [0.05, 0.1) is 12.6 Å². The Labute approximate surface area is 231 Å². The van der Waals surface area contributed by atoms with Crippen LogP contribution in [-0.4, -0.2) is 70.1 Å². The number of nitrogens with two attached hydrogens (primary N) is 2. The van der Waals surface area contributed by atoms with E-state index >= 15 is 0 Å². The molecule has 12 nitrogen and oxygen atoms in total. The number of aromatic amines is 1. The number of nitrogens with one attached hydrogen (secondary N) is 4. The first-order valence-electron chi connectivity index (χ1n) is 13.1. The fourth-order valence-corrected chi connectivity index (χ4v) is 4.27. The molecule has 0 spiro atoms. The quantitative estimate of drug-likeness (QED) is 0.122. The number of rotatable bonds is 15. The fraction of sp³-hybridized carbons (Fsp3) is 0.357. The first-order valence-corrected chi connectivity index (χ1v) is 13.1. The van der Waals surface area contributed by atoms with Gasteiger partial charge < -0.3 is 42.6 Å². The van der Waals surface area contributed by atoms with Gasteiger partial charge in [-0.15, -0.1) is 0 Å². The van der Waals surface area contributed by atoms with Crippen LogP contribution in [0.15, 0.2) is 54.7 Å². The number of phenols is 1. The van der Waals surface area contributed by atoms with Crippen molar-refractivity contribution >= 4 is 34.6 Å². The highest BCUT2D eigenvalue weighted by molar-refractivity contribution is 5.93. The first kappa shape index (κ1) is 30.1. The number of amides is 3. The molecule has 0 aliphatic carbocycles. The number of hydrogen-bond acceptors (Lipinski definition) is 7. The van der Waals surface area contributed by atoms with Crippen LogP contribution in [0.4, 0.5) is 0 Å². The molecule has 0 fully saturated rings. The van der Waals surface area contributed by atoms with E-state index < -0.39 is 48.4 Å². The van der Waals surface area contributed by atoms with E-state index in [2.05, 4.69) is 20.9 Å². The van der Waals surface area contributed by atoms with E-state index in [0.29, 0.717) is 24.9 Å². The number of carboxylic acid groups (broad SMARTS) is 1. The van der Waals surface area contributed by atoms with Crippen molar-refractivity contribution < 1.29 is 29.4 Å². The van der Waals surface area contributed by atoms with Crippen molar-refractivity contribution in [2.75, 3.05) is 13.1 Å². The van der Waals surface area contributed by atoms with E-state index in [1.54, 1.807) is 18.3 Å². The van der Waals surface area contributed by atoms with E-state index in [4.69, 9.17) is 11.5 Å². The van der Waals surface area contributed by atoms with Crippen LogP contribution in [0.5, 0.6) is 5.75 Å². The lowest BCUT2D eigenvalue weighted by Gasteiger charge is -2.22. The molecule has 0 saturated carbocycles. The van der Waals surface area contributed by atoms with Gasteiger partial charge in [-0.25, -0.2) is 4.79 Å². The van der Waals surface area contributed by atoms with E-state index in [1.165, 1.54) is 12.1 Å². The van der Waals surface area contributed by atoms with Crippen LogP contribution in [0, 0.1) is 0 Å². The molecule has 0 saturated heterocycles. The minimum absolute atomic E-state index is 0.0288. The van der Waals surface area contributed by atoms with Crippen LogP contribution in [0.3, 0.4) is 0 Å². The number of benzene rings is 2. The highest BCUT2D eigenvalue weighted by Crippen LogP contribution is 2.18. The molecule has 1 heterocycles. The van der Waals surface area contributed by atoms with Gasteiger partial charge in [0.25, 0.3) is 0 Å². The second kappa shape index (κ2) is 14.7. The lowest BCUT2D eigenvalue weighted by Crippen LogP contribution is -2.54. The number of aliphatic carboxylic acids is 1. The maximum absolute atomic E-state index is 13.1. The molecule has 3 amide bonds. The molecule has 40 heavy (non-hydrogen) atoms. The largest absolute Gasteiger partial charge is 0.508 e. The molecule has 3 aromatic rings. The summed E-state index contributed by atoms with van der Waals surface area (Å²) in [4.78, 5) is 53.2. The van der Waals surface area contributed by atoms with Gasteiger partial charge in [0, 0.05) is 23.5 Å². The summed E-state index contributed by atoms with van der Waals surface area (Å²) in [5, 5.41) is 27.6. The van der Waals surface area contributed by atoms with Gasteiger partial charge in [-0.05, 0) is 61.6 Å². The molecule has 0 aliphatic rings. The van der Waals surface area contributed by atoms with Crippen LogP contribution in [-0.2, 0) is 32.0 Å². The Bertz CT molecular complexity index is 1310. The smallest absolute Gasteiger partial charge is 0.326 e. The van der Waals surface area contributed by atoms with Crippen molar-refractivity contribution in [1.82, 2.24) is 20.9 Å². The molecule has 3 rings (SSSR count). The number of carbonyl (C=O) groups excluding carboxylic acids is 3. The molecule has 3 atom stereocenters. The number of phenolic OH excluding ortho intramolecular Hbond substituents is 1. The SMILES string of the molecule is NCCCCC(NC(=O)C(Cc1ccc(O)cc1)NC(=O)CNC(=O)C(N)Cc1c[nH]c2ccccc12)C(=O)O. The summed E-state index contributed by atoms with van der Waals surface area (Å²) in [6, 6.07) is 10.5. The molecule has 12 heteroatoms. The summed E-state index contributed by atoms with van der Waals surface area (Å²) in [5.41, 5.74) is 14.0. The Kier molecular flexibility index (Phi) is 11.0. The number of unbranched alkanes of at least 4 members (excludes halogenated alkanes) is 1. The summed E-state index contributed by atoms with van der Waals surface area (Å²) in [6.45, 7) is -0.0321. The number of para-hydroxylation sites is 1. The van der Waals surface area contributed by atoms with Gasteiger partial charge in [-0.2, -0.15) is 0 Å². The van der Waals surface area contributed by atoms with Gasteiger partial charge in [0.2, 0.25) is 17.7 Å².